The van der Waals surface area contributed by atoms with E-state index in [0.717, 1.165) is 0 Å². The molecule has 0 saturated heterocycles. The summed E-state index contributed by atoms with van der Waals surface area (Å²) in [5, 5.41) is 32.8. The van der Waals surface area contributed by atoms with Crippen LogP contribution in [0, 0.1) is 21.4 Å². The maximum Gasteiger partial charge on any atom is 0.248 e. The van der Waals surface area contributed by atoms with Crippen molar-refractivity contribution in [1.29, 1.82) is 5.26 Å². The first-order valence-corrected chi connectivity index (χ1v) is 11.3. The third-order valence-electron chi connectivity index (χ3n) is 6.42. The number of nitriles is 1. The second kappa shape index (κ2) is 11.1. The van der Waals surface area contributed by atoms with Gasteiger partial charge in [-0.25, -0.2) is 0 Å². The number of methoxy groups -OCH3 is 3. The molecule has 0 spiro atoms. The van der Waals surface area contributed by atoms with Crippen molar-refractivity contribution >= 4 is 0 Å². The molecule has 1 aliphatic heterocycles. The molecule has 1 aliphatic rings. The molecule has 3 rings (SSSR count). The maximum atomic E-state index is 11.8. The lowest BCUT2D eigenvalue weighted by atomic mass is 9.74. The quantitative estimate of drug-likeness (QED) is 0.351. The highest BCUT2D eigenvalue weighted by Crippen LogP contribution is 2.44. The molecular formula is C25H30N2O8. The first kappa shape index (κ1) is 25.9. The van der Waals surface area contributed by atoms with Crippen LogP contribution in [-0.4, -0.2) is 49.8 Å². The van der Waals surface area contributed by atoms with Crippen LogP contribution in [0.1, 0.15) is 38.2 Å². The Hall–Kier alpha value is -3.71. The van der Waals surface area contributed by atoms with Crippen molar-refractivity contribution in [1.82, 2.24) is 0 Å². The molecule has 0 radical (unpaired) electrons. The van der Waals surface area contributed by atoms with Gasteiger partial charge in [0, 0.05) is 4.92 Å². The van der Waals surface area contributed by atoms with Crippen LogP contribution in [0.4, 0.5) is 0 Å². The van der Waals surface area contributed by atoms with Crippen molar-refractivity contribution in [2.75, 3.05) is 21.3 Å². The smallest absolute Gasteiger partial charge is 0.248 e. The van der Waals surface area contributed by atoms with Crippen LogP contribution in [-0.2, 0) is 5.41 Å². The molecule has 0 saturated carbocycles. The number of aliphatic hydroxyl groups excluding tert-OH is 1. The van der Waals surface area contributed by atoms with Gasteiger partial charge < -0.3 is 28.8 Å². The number of rotatable bonds is 12. The van der Waals surface area contributed by atoms with E-state index in [1.54, 1.807) is 36.4 Å². The van der Waals surface area contributed by atoms with Crippen LogP contribution in [0.25, 0.3) is 0 Å². The summed E-state index contributed by atoms with van der Waals surface area (Å²) >= 11 is 0. The molecule has 2 aromatic carbocycles. The minimum atomic E-state index is -1.33. The summed E-state index contributed by atoms with van der Waals surface area (Å²) < 4.78 is 27.5. The lowest BCUT2D eigenvalue weighted by Gasteiger charge is -2.29. The van der Waals surface area contributed by atoms with Gasteiger partial charge in [0.15, 0.2) is 23.0 Å². The van der Waals surface area contributed by atoms with E-state index in [0.29, 0.717) is 40.7 Å². The zero-order valence-corrected chi connectivity index (χ0v) is 20.2. The second-order valence-corrected chi connectivity index (χ2v) is 8.27. The average Bonchev–Trinajstić information content (AvgIpc) is 3.29. The normalized spacial score (nSPS) is 16.0. The average molecular weight is 487 g/mol. The Labute approximate surface area is 204 Å². The molecule has 188 valence electrons. The molecule has 0 amide bonds. The molecule has 35 heavy (non-hydrogen) atoms. The minimum Gasteiger partial charge on any atom is -0.493 e. The van der Waals surface area contributed by atoms with Gasteiger partial charge in [0.25, 0.3) is 0 Å². The van der Waals surface area contributed by atoms with Crippen molar-refractivity contribution in [2.24, 2.45) is 0 Å². The Balaban J connectivity index is 1.78. The van der Waals surface area contributed by atoms with E-state index in [2.05, 4.69) is 6.07 Å². The standard InChI is InChI=1S/C25H30N2O8/c1-5-25(15-26,16-12-21(31-2)24(33-4)22(13-16)32-3)11-10-18(28)17(27(29)30)14-23-34-19-8-6-7-9-20(19)35-23/h6-9,12-13,17-18,23,28H,5,10-11,14H2,1-4H3. The molecule has 0 bridgehead atoms. The number of aliphatic hydroxyl groups is 1. The molecule has 1 heterocycles. The van der Waals surface area contributed by atoms with Gasteiger partial charge in [-0.1, -0.05) is 19.1 Å². The van der Waals surface area contributed by atoms with Crippen LogP contribution in [0.5, 0.6) is 28.7 Å². The highest BCUT2D eigenvalue weighted by atomic mass is 16.7. The fourth-order valence-corrected chi connectivity index (χ4v) is 4.30. The van der Waals surface area contributed by atoms with E-state index in [1.165, 1.54) is 21.3 Å². The number of hydrogen-bond acceptors (Lipinski definition) is 9. The third-order valence-corrected chi connectivity index (χ3v) is 6.42. The summed E-state index contributed by atoms with van der Waals surface area (Å²) in [7, 11) is 4.46. The van der Waals surface area contributed by atoms with Gasteiger partial charge >= 0.3 is 0 Å². The van der Waals surface area contributed by atoms with Gasteiger partial charge in [-0.05, 0) is 49.1 Å². The van der Waals surface area contributed by atoms with Gasteiger partial charge in [0.05, 0.1) is 39.2 Å². The molecule has 2 aromatic rings. The predicted octanol–water partition coefficient (Wildman–Crippen LogP) is 3.86. The Kier molecular flexibility index (Phi) is 8.25. The van der Waals surface area contributed by atoms with E-state index >= 15 is 0 Å². The summed E-state index contributed by atoms with van der Waals surface area (Å²) in [6.07, 6.45) is -1.73. The Bertz CT molecular complexity index is 1040. The fraction of sp³-hybridized carbons (Fsp3) is 0.480. The van der Waals surface area contributed by atoms with Crippen molar-refractivity contribution in [3.8, 4) is 34.8 Å². The lowest BCUT2D eigenvalue weighted by Crippen LogP contribution is -2.40. The topological polar surface area (TPSA) is 133 Å². The molecule has 1 N–H and O–H groups in total. The van der Waals surface area contributed by atoms with Gasteiger partial charge in [-0.3, -0.25) is 10.1 Å². The monoisotopic (exact) mass is 486 g/mol. The Morgan fingerprint density at radius 2 is 1.71 bits per heavy atom. The molecule has 10 heteroatoms. The second-order valence-electron chi connectivity index (χ2n) is 8.27. The number of benzene rings is 2. The van der Waals surface area contributed by atoms with Crippen LogP contribution in [0.15, 0.2) is 36.4 Å². The van der Waals surface area contributed by atoms with E-state index in [9.17, 15) is 20.5 Å². The number of hydrogen-bond donors (Lipinski definition) is 1. The van der Waals surface area contributed by atoms with Gasteiger partial charge in [0.2, 0.25) is 18.1 Å². The molecule has 0 fully saturated rings. The highest BCUT2D eigenvalue weighted by molar-refractivity contribution is 5.56. The molecule has 0 aromatic heterocycles. The number of nitrogens with zero attached hydrogens (tertiary/aromatic N) is 2. The molecule has 10 nitrogen and oxygen atoms in total. The number of fused-ring (bicyclic) bond motifs is 1. The van der Waals surface area contributed by atoms with Crippen molar-refractivity contribution in [2.45, 2.75) is 56.5 Å². The van der Waals surface area contributed by atoms with E-state index in [-0.39, 0.29) is 19.3 Å². The Morgan fingerprint density at radius 3 is 2.14 bits per heavy atom. The number of para-hydroxylation sites is 2. The summed E-state index contributed by atoms with van der Waals surface area (Å²) in [5.74, 6) is 2.20. The maximum absolute atomic E-state index is 11.8. The van der Waals surface area contributed by atoms with Gasteiger partial charge in [-0.15, -0.1) is 0 Å². The molecular weight excluding hydrogens is 456 g/mol. The fourth-order valence-electron chi connectivity index (χ4n) is 4.30. The van der Waals surface area contributed by atoms with Crippen molar-refractivity contribution < 1.29 is 33.7 Å². The van der Waals surface area contributed by atoms with E-state index in [4.69, 9.17) is 23.7 Å². The first-order valence-electron chi connectivity index (χ1n) is 11.3. The number of ether oxygens (including phenoxy) is 5. The Morgan fingerprint density at radius 1 is 1.14 bits per heavy atom. The van der Waals surface area contributed by atoms with E-state index in [1.807, 2.05) is 6.92 Å². The molecule has 3 unspecified atom stereocenters. The van der Waals surface area contributed by atoms with Crippen LogP contribution < -0.4 is 23.7 Å². The van der Waals surface area contributed by atoms with Crippen molar-refractivity contribution in [3.05, 3.63) is 52.1 Å². The predicted molar refractivity (Wildman–Crippen MR) is 126 cm³/mol. The van der Waals surface area contributed by atoms with Gasteiger partial charge in [-0.2, -0.15) is 5.26 Å². The van der Waals surface area contributed by atoms with E-state index < -0.39 is 28.8 Å². The lowest BCUT2D eigenvalue weighted by molar-refractivity contribution is -0.538. The summed E-state index contributed by atoms with van der Waals surface area (Å²) in [4.78, 5) is 11.3. The third kappa shape index (κ3) is 5.35. The summed E-state index contributed by atoms with van der Waals surface area (Å²) in [6.45, 7) is 1.85. The van der Waals surface area contributed by atoms with Crippen LogP contribution >= 0.6 is 0 Å². The largest absolute Gasteiger partial charge is 0.493 e. The van der Waals surface area contributed by atoms with Gasteiger partial charge in [0.1, 0.15) is 6.10 Å². The zero-order valence-electron chi connectivity index (χ0n) is 20.2. The van der Waals surface area contributed by atoms with Crippen LogP contribution in [0.2, 0.25) is 0 Å². The highest BCUT2D eigenvalue weighted by Gasteiger charge is 2.40. The summed E-state index contributed by atoms with van der Waals surface area (Å²) in [5.41, 5.74) is -0.425. The summed E-state index contributed by atoms with van der Waals surface area (Å²) in [6, 6.07) is 11.4. The van der Waals surface area contributed by atoms with Crippen molar-refractivity contribution in [3.63, 3.8) is 0 Å². The zero-order chi connectivity index (χ0) is 25.6. The molecule has 0 aliphatic carbocycles. The minimum absolute atomic E-state index is 0.0172. The SMILES string of the molecule is CCC(C#N)(CCC(O)C(CC1Oc2ccccc2O1)[N+](=O)[O-])c1cc(OC)c(OC)c(OC)c1. The molecule has 3 atom stereocenters. The van der Waals surface area contributed by atoms with Crippen LogP contribution in [0.3, 0.4) is 0 Å². The first-order chi connectivity index (χ1) is 16.8. The number of nitro groups is 1.